The van der Waals surface area contributed by atoms with Crippen molar-refractivity contribution >= 4 is 39.5 Å². The van der Waals surface area contributed by atoms with Crippen molar-refractivity contribution in [1.29, 1.82) is 0 Å². The smallest absolute Gasteiger partial charge is 0.462 e. The van der Waals surface area contributed by atoms with Crippen LogP contribution in [0.2, 0.25) is 0 Å². The zero-order valence-corrected chi connectivity index (χ0v) is 64.6. The molecule has 0 rings (SSSR count). The molecule has 0 heterocycles. The van der Waals surface area contributed by atoms with Crippen molar-refractivity contribution in [1.82, 2.24) is 0 Å². The summed E-state index contributed by atoms with van der Waals surface area (Å²) in [6.07, 6.45) is 54.1. The number of hydrogen-bond donors (Lipinski definition) is 3. The molecular formula is C77H150O17P2. The Kier molecular flexibility index (Phi) is 66.2. The lowest BCUT2D eigenvalue weighted by Crippen LogP contribution is -2.30. The lowest BCUT2D eigenvalue weighted by molar-refractivity contribution is -0.161. The largest absolute Gasteiger partial charge is 0.472 e. The minimum Gasteiger partial charge on any atom is -0.462 e. The van der Waals surface area contributed by atoms with Crippen LogP contribution in [0.25, 0.3) is 0 Å². The molecule has 0 aromatic rings. The summed E-state index contributed by atoms with van der Waals surface area (Å²) in [6.45, 7) is 11.9. The number of aliphatic hydroxyl groups excluding tert-OH is 1. The maximum atomic E-state index is 13.1. The molecule has 0 aromatic carbocycles. The Morgan fingerprint density at radius 1 is 0.281 bits per heavy atom. The molecule has 0 aliphatic heterocycles. The predicted octanol–water partition coefficient (Wildman–Crippen LogP) is 22.6. The molecular weight excluding hydrogens is 1260 g/mol. The first-order chi connectivity index (χ1) is 46.2. The highest BCUT2D eigenvalue weighted by molar-refractivity contribution is 7.47. The molecule has 0 spiro atoms. The van der Waals surface area contributed by atoms with Gasteiger partial charge in [-0.15, -0.1) is 0 Å². The van der Waals surface area contributed by atoms with Crippen LogP contribution in [-0.2, 0) is 65.4 Å². The van der Waals surface area contributed by atoms with Gasteiger partial charge in [0.15, 0.2) is 12.2 Å². The van der Waals surface area contributed by atoms with E-state index in [1.54, 1.807) is 0 Å². The minimum absolute atomic E-state index is 0.105. The zero-order chi connectivity index (χ0) is 70.9. The average Bonchev–Trinajstić information content (AvgIpc) is 1.80. The summed E-state index contributed by atoms with van der Waals surface area (Å²) in [5.74, 6) is 0.149. The maximum Gasteiger partial charge on any atom is 0.472 e. The van der Waals surface area contributed by atoms with Gasteiger partial charge in [-0.3, -0.25) is 37.3 Å². The predicted molar refractivity (Wildman–Crippen MR) is 391 cm³/mol. The van der Waals surface area contributed by atoms with Crippen molar-refractivity contribution in [3.8, 4) is 0 Å². The Hall–Kier alpha value is -1.94. The van der Waals surface area contributed by atoms with Crippen LogP contribution >= 0.6 is 15.6 Å². The molecule has 0 aliphatic carbocycles. The Bertz CT molecular complexity index is 1870. The highest BCUT2D eigenvalue weighted by atomic mass is 31.2. The molecule has 0 fully saturated rings. The Morgan fingerprint density at radius 2 is 0.479 bits per heavy atom. The summed E-state index contributed by atoms with van der Waals surface area (Å²) in [4.78, 5) is 72.9. The van der Waals surface area contributed by atoms with Gasteiger partial charge in [0.2, 0.25) is 0 Å². The summed E-state index contributed by atoms with van der Waals surface area (Å²) < 4.78 is 68.6. The van der Waals surface area contributed by atoms with E-state index in [4.69, 9.17) is 37.0 Å². The van der Waals surface area contributed by atoms with Crippen LogP contribution in [-0.4, -0.2) is 96.7 Å². The normalized spacial score (nSPS) is 14.1. The van der Waals surface area contributed by atoms with Crippen LogP contribution in [0.3, 0.4) is 0 Å². The molecule has 19 heteroatoms. The van der Waals surface area contributed by atoms with E-state index in [0.717, 1.165) is 108 Å². The van der Waals surface area contributed by atoms with E-state index >= 15 is 0 Å². The van der Waals surface area contributed by atoms with Crippen LogP contribution in [0.4, 0.5) is 0 Å². The van der Waals surface area contributed by atoms with E-state index in [-0.39, 0.29) is 25.7 Å². The molecule has 0 saturated heterocycles. The Morgan fingerprint density at radius 3 is 0.708 bits per heavy atom. The molecule has 0 aliphatic rings. The van der Waals surface area contributed by atoms with Gasteiger partial charge in [0.25, 0.3) is 0 Å². The van der Waals surface area contributed by atoms with Gasteiger partial charge in [0.05, 0.1) is 26.4 Å². The van der Waals surface area contributed by atoms with Crippen LogP contribution in [0.15, 0.2) is 0 Å². The molecule has 570 valence electrons. The fourth-order valence-electron chi connectivity index (χ4n) is 11.8. The lowest BCUT2D eigenvalue weighted by Gasteiger charge is -2.21. The van der Waals surface area contributed by atoms with Gasteiger partial charge in [-0.25, -0.2) is 9.13 Å². The number of aliphatic hydroxyl groups is 1. The minimum atomic E-state index is -4.96. The van der Waals surface area contributed by atoms with Crippen LogP contribution in [0.1, 0.15) is 395 Å². The van der Waals surface area contributed by atoms with Gasteiger partial charge in [-0.2, -0.15) is 0 Å². The second-order valence-corrected chi connectivity index (χ2v) is 32.1. The number of phosphoric acid groups is 2. The fourth-order valence-corrected chi connectivity index (χ4v) is 13.4. The summed E-state index contributed by atoms with van der Waals surface area (Å²) >= 11 is 0. The second-order valence-electron chi connectivity index (χ2n) is 29.2. The fraction of sp³-hybridized carbons (Fsp3) is 0.948. The molecule has 0 radical (unpaired) electrons. The van der Waals surface area contributed by atoms with Crippen molar-refractivity contribution in [3.63, 3.8) is 0 Å². The number of esters is 4. The Balaban J connectivity index is 5.25. The second kappa shape index (κ2) is 67.5. The average molecular weight is 1410 g/mol. The van der Waals surface area contributed by atoms with Crippen molar-refractivity contribution in [2.75, 3.05) is 39.6 Å². The molecule has 0 saturated carbocycles. The number of phosphoric ester groups is 2. The number of ether oxygens (including phenoxy) is 4. The standard InChI is InChI=1S/C77H150O17P2/c1-8-9-10-11-12-13-14-15-17-21-24-29-37-44-51-58-74(79)87-64-72(93-76(81)60-53-46-39-30-25-22-19-16-18-20-23-27-34-41-48-55-68(2)3)66-91-95(83,84)89-62-71(78)63-90-96(85,86)92-67-73(65-88-75(80)59-52-45-38-33-32-36-43-50-57-70(6)7)94-77(82)61-54-47-40-31-26-28-35-42-49-56-69(4)5/h68-73,78H,8-67H2,1-7H3,(H,83,84)(H,85,86)/t71-,72-,73-/m1/s1. The summed E-state index contributed by atoms with van der Waals surface area (Å²) in [7, 11) is -9.91. The summed E-state index contributed by atoms with van der Waals surface area (Å²) in [5.41, 5.74) is 0. The molecule has 2 unspecified atom stereocenters. The van der Waals surface area contributed by atoms with E-state index in [2.05, 4.69) is 48.5 Å². The molecule has 0 aromatic heterocycles. The molecule has 17 nitrogen and oxygen atoms in total. The number of rotatable bonds is 75. The Labute approximate surface area is 588 Å². The number of carbonyl (C=O) groups excluding carboxylic acids is 4. The molecule has 96 heavy (non-hydrogen) atoms. The van der Waals surface area contributed by atoms with E-state index in [1.807, 2.05) is 0 Å². The van der Waals surface area contributed by atoms with Crippen molar-refractivity contribution in [3.05, 3.63) is 0 Å². The van der Waals surface area contributed by atoms with Gasteiger partial charge >= 0.3 is 39.5 Å². The molecule has 0 bridgehead atoms. The van der Waals surface area contributed by atoms with Crippen LogP contribution < -0.4 is 0 Å². The van der Waals surface area contributed by atoms with E-state index in [9.17, 15) is 43.2 Å². The van der Waals surface area contributed by atoms with Crippen LogP contribution in [0.5, 0.6) is 0 Å². The van der Waals surface area contributed by atoms with Gasteiger partial charge < -0.3 is 33.8 Å². The van der Waals surface area contributed by atoms with Crippen molar-refractivity contribution in [2.24, 2.45) is 17.8 Å². The van der Waals surface area contributed by atoms with Crippen LogP contribution in [0, 0.1) is 17.8 Å². The SMILES string of the molecule is CCCCCCCCCCCCCCCCCC(=O)OC[C@H](COP(=O)(O)OC[C@@H](O)COP(=O)(O)OC[C@@H](COC(=O)CCCCCCCCCCC(C)C)OC(=O)CCCCCCCCCCCC(C)C)OC(=O)CCCCCCCCCCCCCCCCCC(C)C. The first kappa shape index (κ1) is 94.1. The van der Waals surface area contributed by atoms with Gasteiger partial charge in [0, 0.05) is 25.7 Å². The van der Waals surface area contributed by atoms with Gasteiger partial charge in [-0.1, -0.05) is 344 Å². The first-order valence-corrected chi connectivity index (χ1v) is 42.8. The lowest BCUT2D eigenvalue weighted by atomic mass is 10.0. The third-order valence-corrected chi connectivity index (χ3v) is 19.8. The van der Waals surface area contributed by atoms with E-state index in [0.29, 0.717) is 25.7 Å². The quantitative estimate of drug-likeness (QED) is 0.0222. The first-order valence-electron chi connectivity index (χ1n) is 39.8. The molecule has 0 amide bonds. The number of hydrogen-bond acceptors (Lipinski definition) is 15. The zero-order valence-electron chi connectivity index (χ0n) is 62.8. The maximum absolute atomic E-state index is 13.1. The number of carbonyl (C=O) groups is 4. The van der Waals surface area contributed by atoms with Gasteiger partial charge in [-0.05, 0) is 43.4 Å². The van der Waals surface area contributed by atoms with Crippen molar-refractivity contribution < 1.29 is 80.2 Å². The highest BCUT2D eigenvalue weighted by Gasteiger charge is 2.30. The van der Waals surface area contributed by atoms with E-state index < -0.39 is 97.5 Å². The molecule has 3 N–H and O–H groups in total. The number of unbranched alkanes of at least 4 members (excludes halogenated alkanes) is 43. The van der Waals surface area contributed by atoms with E-state index in [1.165, 1.54) is 205 Å². The topological polar surface area (TPSA) is 237 Å². The van der Waals surface area contributed by atoms with Crippen molar-refractivity contribution in [2.45, 2.75) is 414 Å². The third-order valence-electron chi connectivity index (χ3n) is 17.9. The molecule has 5 atom stereocenters. The highest BCUT2D eigenvalue weighted by Crippen LogP contribution is 2.45. The monoisotopic (exact) mass is 1410 g/mol. The summed E-state index contributed by atoms with van der Waals surface area (Å²) in [6, 6.07) is 0. The third kappa shape index (κ3) is 70.5. The van der Waals surface area contributed by atoms with Gasteiger partial charge in [0.1, 0.15) is 19.3 Å². The summed E-state index contributed by atoms with van der Waals surface area (Å²) in [5, 5.41) is 10.6.